The highest BCUT2D eigenvalue weighted by Gasteiger charge is 2.61. The van der Waals surface area contributed by atoms with Gasteiger partial charge in [0.1, 0.15) is 0 Å². The zero-order chi connectivity index (χ0) is 15.3. The van der Waals surface area contributed by atoms with Gasteiger partial charge in [0.2, 0.25) is 6.17 Å². The second-order valence-corrected chi connectivity index (χ2v) is 12.1. The lowest BCUT2D eigenvalue weighted by Crippen LogP contribution is -2.48. The van der Waals surface area contributed by atoms with Crippen LogP contribution in [-0.4, -0.2) is 45.9 Å². The fourth-order valence-electron chi connectivity index (χ4n) is 2.59. The lowest BCUT2D eigenvalue weighted by molar-refractivity contribution is -0.151. The van der Waals surface area contributed by atoms with Crippen molar-refractivity contribution in [1.82, 2.24) is 0 Å². The molecule has 20 heavy (non-hydrogen) atoms. The molecular weight excluding hydrogens is 279 g/mol. The number of epoxide rings is 1. The maximum Gasteiger partial charge on any atom is 0.340 e. The quantitative estimate of drug-likeness (QED) is 0.455. The molecule has 0 aromatic rings. The Morgan fingerprint density at radius 1 is 1.40 bits per heavy atom. The van der Waals surface area contributed by atoms with E-state index < -0.39 is 26.4 Å². The normalized spacial score (nSPS) is 34.5. The van der Waals surface area contributed by atoms with Crippen LogP contribution in [0.2, 0.25) is 18.1 Å². The van der Waals surface area contributed by atoms with E-state index >= 15 is 0 Å². The summed E-state index contributed by atoms with van der Waals surface area (Å²) in [5.74, 6) is -1.35. The van der Waals surface area contributed by atoms with E-state index in [0.29, 0.717) is 6.42 Å². The molecule has 0 aromatic carbocycles. The number of carbonyl (C=O) groups is 1. The topological polar surface area (TPSA) is 48.1 Å². The fourth-order valence-corrected chi connectivity index (χ4v) is 3.95. The number of alkyl halides is 1. The minimum Gasteiger partial charge on any atom is -0.467 e. The molecule has 0 unspecified atom stereocenters. The van der Waals surface area contributed by atoms with Gasteiger partial charge in [-0.2, -0.15) is 0 Å². The smallest absolute Gasteiger partial charge is 0.340 e. The first-order chi connectivity index (χ1) is 9.08. The summed E-state index contributed by atoms with van der Waals surface area (Å²) in [7, 11) is -0.779. The largest absolute Gasteiger partial charge is 0.467 e. The van der Waals surface area contributed by atoms with Crippen molar-refractivity contribution in [3.05, 3.63) is 0 Å². The van der Waals surface area contributed by atoms with Gasteiger partial charge in [-0.05, 0) is 18.1 Å². The maximum absolute atomic E-state index is 14.3. The molecule has 1 saturated carbocycles. The van der Waals surface area contributed by atoms with Crippen LogP contribution in [0.25, 0.3) is 0 Å². The van der Waals surface area contributed by atoms with Crippen molar-refractivity contribution in [2.24, 2.45) is 5.92 Å². The number of halogens is 1. The molecule has 0 radical (unpaired) electrons. The molecular formula is C14H25FO4Si. The number of esters is 1. The molecule has 1 aliphatic carbocycles. The molecule has 0 spiro atoms. The van der Waals surface area contributed by atoms with Crippen molar-refractivity contribution < 1.29 is 23.1 Å². The van der Waals surface area contributed by atoms with E-state index in [1.165, 1.54) is 7.11 Å². The summed E-state index contributed by atoms with van der Waals surface area (Å²) >= 11 is 0. The molecule has 1 aliphatic heterocycles. The van der Waals surface area contributed by atoms with E-state index in [0.717, 1.165) is 0 Å². The third-order valence-electron chi connectivity index (χ3n) is 4.91. The van der Waals surface area contributed by atoms with Gasteiger partial charge in [0.15, 0.2) is 8.32 Å². The second-order valence-electron chi connectivity index (χ2n) is 7.29. The highest BCUT2D eigenvalue weighted by atomic mass is 28.4. The van der Waals surface area contributed by atoms with Gasteiger partial charge >= 0.3 is 5.97 Å². The predicted octanol–water partition coefficient (Wildman–Crippen LogP) is 2.68. The third-order valence-corrected chi connectivity index (χ3v) is 9.42. The van der Waals surface area contributed by atoms with Crippen LogP contribution in [0.3, 0.4) is 0 Å². The van der Waals surface area contributed by atoms with Gasteiger partial charge in [0, 0.05) is 6.42 Å². The molecule has 0 aromatic heterocycles. The highest BCUT2D eigenvalue weighted by molar-refractivity contribution is 6.74. The Kier molecular flexibility index (Phi) is 4.03. The number of carbonyl (C=O) groups excluding carboxylic acids is 1. The van der Waals surface area contributed by atoms with Crippen molar-refractivity contribution in [1.29, 1.82) is 0 Å². The van der Waals surface area contributed by atoms with Crippen LogP contribution < -0.4 is 0 Å². The van der Waals surface area contributed by atoms with Gasteiger partial charge in [-0.25, -0.2) is 9.18 Å². The van der Waals surface area contributed by atoms with Crippen LogP contribution >= 0.6 is 0 Å². The first-order valence-electron chi connectivity index (χ1n) is 7.13. The minimum absolute atomic E-state index is 0.0534. The molecule has 5 atom stereocenters. The van der Waals surface area contributed by atoms with Crippen LogP contribution in [-0.2, 0) is 18.7 Å². The van der Waals surface area contributed by atoms with Crippen LogP contribution in [0, 0.1) is 5.92 Å². The summed E-state index contributed by atoms with van der Waals surface area (Å²) in [5, 5.41) is 0.0578. The van der Waals surface area contributed by atoms with E-state index in [1.54, 1.807) is 0 Å². The van der Waals surface area contributed by atoms with Gasteiger partial charge in [-0.1, -0.05) is 20.8 Å². The van der Waals surface area contributed by atoms with Gasteiger partial charge in [0.05, 0.1) is 31.3 Å². The lowest BCUT2D eigenvalue weighted by atomic mass is 9.99. The van der Waals surface area contributed by atoms with E-state index in [4.69, 9.17) is 9.16 Å². The van der Waals surface area contributed by atoms with Gasteiger partial charge in [-0.15, -0.1) is 0 Å². The molecule has 1 heterocycles. The SMILES string of the molecule is COC(=O)[C@@H](F)[C@@H]1[C@H]2O[C@H]2C[C@H]1O[Si](C)(C)C(C)(C)C. The highest BCUT2D eigenvalue weighted by Crippen LogP contribution is 2.49. The molecule has 4 nitrogen and oxygen atoms in total. The van der Waals surface area contributed by atoms with Crippen molar-refractivity contribution in [2.75, 3.05) is 7.11 Å². The average molecular weight is 304 g/mol. The van der Waals surface area contributed by atoms with Crippen molar-refractivity contribution >= 4 is 14.3 Å². The Bertz CT molecular complexity index is 393. The predicted molar refractivity (Wildman–Crippen MR) is 75.8 cm³/mol. The molecule has 2 fully saturated rings. The summed E-state index contributed by atoms with van der Waals surface area (Å²) in [4.78, 5) is 11.5. The Balaban J connectivity index is 2.10. The third kappa shape index (κ3) is 2.78. The van der Waals surface area contributed by atoms with E-state index in [-0.39, 0.29) is 23.4 Å². The Morgan fingerprint density at radius 3 is 2.50 bits per heavy atom. The van der Waals surface area contributed by atoms with Crippen LogP contribution in [0.5, 0.6) is 0 Å². The average Bonchev–Trinajstić information content (AvgIpc) is 2.98. The maximum atomic E-state index is 14.3. The number of methoxy groups -OCH3 is 1. The van der Waals surface area contributed by atoms with Crippen LogP contribution in [0.4, 0.5) is 4.39 Å². The first-order valence-corrected chi connectivity index (χ1v) is 10.0. The minimum atomic E-state index is -1.99. The number of ether oxygens (including phenoxy) is 2. The molecule has 1 saturated heterocycles. The van der Waals surface area contributed by atoms with Crippen LogP contribution in [0.1, 0.15) is 27.2 Å². The molecule has 116 valence electrons. The molecule has 2 aliphatic rings. The first kappa shape index (κ1) is 15.9. The Morgan fingerprint density at radius 2 is 2.00 bits per heavy atom. The summed E-state index contributed by atoms with van der Waals surface area (Å²) in [5.41, 5.74) is 0. The number of rotatable bonds is 4. The summed E-state index contributed by atoms with van der Waals surface area (Å²) in [6, 6.07) is 0. The molecule has 0 bridgehead atoms. The second kappa shape index (κ2) is 5.07. The molecule has 0 amide bonds. The standard InChI is InChI=1S/C14H25FO4Si/c1-14(2,3)20(5,6)19-8-7-9-12(18-9)10(8)11(15)13(16)17-4/h8-12H,7H2,1-6H3/t8-,9+,10-,11+,12+/m1/s1. The molecule has 6 heteroatoms. The zero-order valence-electron chi connectivity index (χ0n) is 13.1. The zero-order valence-corrected chi connectivity index (χ0v) is 14.1. The van der Waals surface area contributed by atoms with Crippen molar-refractivity contribution in [3.8, 4) is 0 Å². The monoisotopic (exact) mass is 304 g/mol. The Labute approximate surface area is 121 Å². The number of hydrogen-bond donors (Lipinski definition) is 0. The summed E-state index contributed by atoms with van der Waals surface area (Å²) in [6.07, 6.45) is -1.35. The van der Waals surface area contributed by atoms with Crippen molar-refractivity contribution in [2.45, 2.75) is 69.8 Å². The number of hydrogen-bond acceptors (Lipinski definition) is 4. The molecule has 0 N–H and O–H groups in total. The van der Waals surface area contributed by atoms with E-state index in [9.17, 15) is 9.18 Å². The lowest BCUT2D eigenvalue weighted by Gasteiger charge is -2.40. The van der Waals surface area contributed by atoms with Gasteiger partial charge in [0.25, 0.3) is 0 Å². The molecule has 2 rings (SSSR count). The summed E-state index contributed by atoms with van der Waals surface area (Å²) in [6.45, 7) is 10.7. The van der Waals surface area contributed by atoms with E-state index in [2.05, 4.69) is 38.6 Å². The van der Waals surface area contributed by atoms with Gasteiger partial charge in [-0.3, -0.25) is 0 Å². The van der Waals surface area contributed by atoms with E-state index in [1.807, 2.05) is 0 Å². The van der Waals surface area contributed by atoms with Crippen LogP contribution in [0.15, 0.2) is 0 Å². The van der Waals surface area contributed by atoms with Gasteiger partial charge < -0.3 is 13.9 Å². The summed E-state index contributed by atoms with van der Waals surface area (Å²) < 4.78 is 30.5. The fraction of sp³-hybridized carbons (Fsp3) is 0.929. The Hall–Kier alpha value is -0.463. The van der Waals surface area contributed by atoms with Crippen molar-refractivity contribution in [3.63, 3.8) is 0 Å². The number of fused-ring (bicyclic) bond motifs is 1.